The third-order valence-corrected chi connectivity index (χ3v) is 3.35. The lowest BCUT2D eigenvalue weighted by Gasteiger charge is -2.11. The molecule has 0 bridgehead atoms. The second-order valence-electron chi connectivity index (χ2n) is 5.25. The van der Waals surface area contributed by atoms with Crippen molar-refractivity contribution >= 4 is 17.6 Å². The Labute approximate surface area is 146 Å². The summed E-state index contributed by atoms with van der Waals surface area (Å²) in [7, 11) is 0. The smallest absolute Gasteiger partial charge is 0.303 e. The molecule has 1 amide bonds. The molecule has 0 aromatic heterocycles. The normalized spacial score (nSPS) is 10.1. The number of ether oxygens (including phenoxy) is 2. The Morgan fingerprint density at radius 2 is 1.76 bits per heavy atom. The SMILES string of the molecule is CCOc1ccccc1C(=O)Nc1ccc(OCCCC(=O)O)cc1. The van der Waals surface area contributed by atoms with Gasteiger partial charge in [-0.25, -0.2) is 0 Å². The number of hydrogen-bond donors (Lipinski definition) is 2. The van der Waals surface area contributed by atoms with Crippen molar-refractivity contribution in [3.63, 3.8) is 0 Å². The van der Waals surface area contributed by atoms with Crippen LogP contribution in [-0.4, -0.2) is 30.2 Å². The average Bonchev–Trinajstić information content (AvgIpc) is 2.60. The Kier molecular flexibility index (Phi) is 6.83. The number of aliphatic carboxylic acids is 1. The fourth-order valence-electron chi connectivity index (χ4n) is 2.18. The summed E-state index contributed by atoms with van der Waals surface area (Å²) in [4.78, 5) is 22.8. The molecular formula is C19H21NO5. The first-order chi connectivity index (χ1) is 12.1. The molecule has 132 valence electrons. The number of carboxylic acid groups (broad SMARTS) is 1. The summed E-state index contributed by atoms with van der Waals surface area (Å²) in [5.74, 6) is 0.0761. The van der Waals surface area contributed by atoms with Crippen LogP contribution in [0.3, 0.4) is 0 Å². The number of nitrogens with one attached hydrogen (secondary N) is 1. The van der Waals surface area contributed by atoms with Crippen molar-refractivity contribution in [2.24, 2.45) is 0 Å². The fourth-order valence-corrected chi connectivity index (χ4v) is 2.18. The molecule has 0 unspecified atom stereocenters. The highest BCUT2D eigenvalue weighted by Gasteiger charge is 2.12. The van der Waals surface area contributed by atoms with Crippen LogP contribution in [-0.2, 0) is 4.79 Å². The molecule has 0 aliphatic rings. The summed E-state index contributed by atoms with van der Waals surface area (Å²) in [6.07, 6.45) is 0.523. The van der Waals surface area contributed by atoms with Gasteiger partial charge in [-0.1, -0.05) is 12.1 Å². The minimum absolute atomic E-state index is 0.0768. The quantitative estimate of drug-likeness (QED) is 0.680. The van der Waals surface area contributed by atoms with Crippen molar-refractivity contribution in [2.45, 2.75) is 19.8 Å². The molecule has 0 spiro atoms. The van der Waals surface area contributed by atoms with E-state index in [1.54, 1.807) is 42.5 Å². The van der Waals surface area contributed by atoms with E-state index in [9.17, 15) is 9.59 Å². The summed E-state index contributed by atoms with van der Waals surface area (Å²) < 4.78 is 10.9. The van der Waals surface area contributed by atoms with E-state index in [2.05, 4.69) is 5.32 Å². The number of benzene rings is 2. The molecule has 0 aliphatic heterocycles. The van der Waals surface area contributed by atoms with E-state index in [4.69, 9.17) is 14.6 Å². The van der Waals surface area contributed by atoms with Crippen LogP contribution in [0.1, 0.15) is 30.1 Å². The predicted molar refractivity (Wildman–Crippen MR) is 94.4 cm³/mol. The molecular weight excluding hydrogens is 322 g/mol. The highest BCUT2D eigenvalue weighted by molar-refractivity contribution is 6.06. The molecule has 2 N–H and O–H groups in total. The zero-order chi connectivity index (χ0) is 18.1. The molecule has 0 saturated carbocycles. The second-order valence-corrected chi connectivity index (χ2v) is 5.25. The van der Waals surface area contributed by atoms with E-state index in [0.29, 0.717) is 42.4 Å². The van der Waals surface area contributed by atoms with Crippen LogP contribution in [0.2, 0.25) is 0 Å². The maximum atomic E-state index is 12.4. The first kappa shape index (κ1) is 18.3. The topological polar surface area (TPSA) is 84.9 Å². The van der Waals surface area contributed by atoms with Gasteiger partial charge in [0.25, 0.3) is 5.91 Å². The number of rotatable bonds is 9. The maximum absolute atomic E-state index is 12.4. The summed E-state index contributed by atoms with van der Waals surface area (Å²) in [5, 5.41) is 11.4. The minimum atomic E-state index is -0.839. The van der Waals surface area contributed by atoms with Gasteiger partial charge in [0.2, 0.25) is 0 Å². The number of para-hydroxylation sites is 1. The summed E-state index contributed by atoms with van der Waals surface area (Å²) in [6.45, 7) is 2.68. The first-order valence-corrected chi connectivity index (χ1v) is 8.08. The molecule has 25 heavy (non-hydrogen) atoms. The molecule has 0 saturated heterocycles. The van der Waals surface area contributed by atoms with Crippen molar-refractivity contribution in [1.82, 2.24) is 0 Å². The molecule has 0 atom stereocenters. The van der Waals surface area contributed by atoms with Crippen LogP contribution in [0.25, 0.3) is 0 Å². The van der Waals surface area contributed by atoms with Gasteiger partial charge in [-0.3, -0.25) is 9.59 Å². The van der Waals surface area contributed by atoms with Crippen LogP contribution in [0.4, 0.5) is 5.69 Å². The molecule has 0 fully saturated rings. The molecule has 6 heteroatoms. The summed E-state index contributed by atoms with van der Waals surface area (Å²) >= 11 is 0. The van der Waals surface area contributed by atoms with Gasteiger partial charge in [-0.15, -0.1) is 0 Å². The van der Waals surface area contributed by atoms with Crippen molar-refractivity contribution < 1.29 is 24.2 Å². The third-order valence-electron chi connectivity index (χ3n) is 3.35. The molecule has 0 radical (unpaired) electrons. The predicted octanol–water partition coefficient (Wildman–Crippen LogP) is 3.58. The van der Waals surface area contributed by atoms with Crippen LogP contribution in [0, 0.1) is 0 Å². The minimum Gasteiger partial charge on any atom is -0.494 e. The standard InChI is InChI=1S/C19H21NO5/c1-2-24-17-7-4-3-6-16(17)19(23)20-14-9-11-15(12-10-14)25-13-5-8-18(21)22/h3-4,6-7,9-12H,2,5,8,13H2,1H3,(H,20,23)(H,21,22). The Hall–Kier alpha value is -3.02. The van der Waals surface area contributed by atoms with Crippen LogP contribution < -0.4 is 14.8 Å². The number of carbonyl (C=O) groups excluding carboxylic acids is 1. The van der Waals surface area contributed by atoms with Crippen molar-refractivity contribution in [2.75, 3.05) is 18.5 Å². The summed E-state index contributed by atoms with van der Waals surface area (Å²) in [6, 6.07) is 14.0. The maximum Gasteiger partial charge on any atom is 0.303 e. The van der Waals surface area contributed by atoms with Crippen LogP contribution in [0.15, 0.2) is 48.5 Å². The van der Waals surface area contributed by atoms with Crippen molar-refractivity contribution in [1.29, 1.82) is 0 Å². The van der Waals surface area contributed by atoms with Crippen molar-refractivity contribution in [3.05, 3.63) is 54.1 Å². The van der Waals surface area contributed by atoms with Crippen LogP contribution >= 0.6 is 0 Å². The lowest BCUT2D eigenvalue weighted by molar-refractivity contribution is -0.137. The Morgan fingerprint density at radius 3 is 2.44 bits per heavy atom. The highest BCUT2D eigenvalue weighted by Crippen LogP contribution is 2.21. The van der Waals surface area contributed by atoms with E-state index in [-0.39, 0.29) is 12.3 Å². The van der Waals surface area contributed by atoms with Gasteiger partial charge in [0.05, 0.1) is 18.8 Å². The number of hydrogen-bond acceptors (Lipinski definition) is 4. The monoisotopic (exact) mass is 343 g/mol. The van der Waals surface area contributed by atoms with E-state index >= 15 is 0 Å². The van der Waals surface area contributed by atoms with Gasteiger partial charge in [0, 0.05) is 12.1 Å². The van der Waals surface area contributed by atoms with E-state index < -0.39 is 5.97 Å². The van der Waals surface area contributed by atoms with Gasteiger partial charge in [0.1, 0.15) is 11.5 Å². The molecule has 0 aliphatic carbocycles. The van der Waals surface area contributed by atoms with E-state index in [0.717, 1.165) is 0 Å². The lowest BCUT2D eigenvalue weighted by atomic mass is 10.2. The average molecular weight is 343 g/mol. The molecule has 2 rings (SSSR count). The molecule has 6 nitrogen and oxygen atoms in total. The van der Waals surface area contributed by atoms with Gasteiger partial charge in [0.15, 0.2) is 0 Å². The second kappa shape index (κ2) is 9.32. The Morgan fingerprint density at radius 1 is 1.04 bits per heavy atom. The van der Waals surface area contributed by atoms with Gasteiger partial charge >= 0.3 is 5.97 Å². The Balaban J connectivity index is 1.92. The van der Waals surface area contributed by atoms with E-state index in [1.807, 2.05) is 13.0 Å². The molecule has 2 aromatic carbocycles. The van der Waals surface area contributed by atoms with Gasteiger partial charge < -0.3 is 19.9 Å². The fraction of sp³-hybridized carbons (Fsp3) is 0.263. The Bertz CT molecular complexity index is 712. The number of carbonyl (C=O) groups is 2. The number of carboxylic acids is 1. The first-order valence-electron chi connectivity index (χ1n) is 8.08. The largest absolute Gasteiger partial charge is 0.494 e. The van der Waals surface area contributed by atoms with Gasteiger partial charge in [-0.2, -0.15) is 0 Å². The highest BCUT2D eigenvalue weighted by atomic mass is 16.5. The van der Waals surface area contributed by atoms with E-state index in [1.165, 1.54) is 0 Å². The summed E-state index contributed by atoms with van der Waals surface area (Å²) in [5.41, 5.74) is 1.10. The zero-order valence-electron chi connectivity index (χ0n) is 14.0. The van der Waals surface area contributed by atoms with Crippen molar-refractivity contribution in [3.8, 4) is 11.5 Å². The molecule has 2 aromatic rings. The zero-order valence-corrected chi connectivity index (χ0v) is 14.0. The number of anilines is 1. The van der Waals surface area contributed by atoms with Gasteiger partial charge in [-0.05, 0) is 49.7 Å². The lowest BCUT2D eigenvalue weighted by Crippen LogP contribution is -2.13. The van der Waals surface area contributed by atoms with Crippen LogP contribution in [0.5, 0.6) is 11.5 Å². The number of amides is 1. The molecule has 0 heterocycles. The third kappa shape index (κ3) is 5.84.